The lowest BCUT2D eigenvalue weighted by Crippen LogP contribution is -1.98. The lowest BCUT2D eigenvalue weighted by atomic mass is 10.2. The van der Waals surface area contributed by atoms with Crippen LogP contribution in [-0.2, 0) is 0 Å². The van der Waals surface area contributed by atoms with Gasteiger partial charge in [-0.25, -0.2) is 0 Å². The summed E-state index contributed by atoms with van der Waals surface area (Å²) in [6, 6.07) is 6.80. The van der Waals surface area contributed by atoms with E-state index in [0.717, 1.165) is 0 Å². The minimum atomic E-state index is -0.0446. The van der Waals surface area contributed by atoms with Crippen LogP contribution in [0.15, 0.2) is 23.9 Å². The second-order valence-corrected chi connectivity index (χ2v) is 3.33. The van der Waals surface area contributed by atoms with Crippen molar-refractivity contribution in [2.75, 3.05) is 26.6 Å². The molecule has 98 valence electrons. The number of methoxy groups -OCH3 is 3. The third kappa shape index (κ3) is 3.30. The van der Waals surface area contributed by atoms with Crippen molar-refractivity contribution in [2.45, 2.75) is 0 Å². The van der Waals surface area contributed by atoms with Crippen LogP contribution in [0.2, 0.25) is 0 Å². The van der Waals surface area contributed by atoms with Crippen LogP contribution in [0, 0.1) is 22.7 Å². The van der Waals surface area contributed by atoms with Crippen LogP contribution in [-0.4, -0.2) is 21.3 Å². The number of anilines is 1. The number of hydrogen-bond donors (Lipinski definition) is 1. The summed E-state index contributed by atoms with van der Waals surface area (Å²) in [5.41, 5.74) is 0.514. The number of nitrogens with zero attached hydrogens (tertiary/aromatic N) is 2. The van der Waals surface area contributed by atoms with Crippen LogP contribution >= 0.6 is 0 Å². The van der Waals surface area contributed by atoms with Crippen molar-refractivity contribution >= 4 is 5.69 Å². The van der Waals surface area contributed by atoms with E-state index in [4.69, 9.17) is 24.7 Å². The van der Waals surface area contributed by atoms with Crippen molar-refractivity contribution in [1.29, 1.82) is 10.5 Å². The molecule has 0 aliphatic rings. The molecule has 0 aliphatic carbocycles. The second kappa shape index (κ2) is 6.77. The normalized spacial score (nSPS) is 8.68. The maximum absolute atomic E-state index is 8.66. The molecule has 6 nitrogen and oxygen atoms in total. The molecule has 0 aromatic heterocycles. The van der Waals surface area contributed by atoms with Gasteiger partial charge in [-0.15, -0.1) is 0 Å². The third-order valence-electron chi connectivity index (χ3n) is 2.32. The first kappa shape index (κ1) is 14.2. The number of allylic oxidation sites excluding steroid dienone is 1. The Balaban J connectivity index is 3.17. The molecule has 0 radical (unpaired) electrons. The highest BCUT2D eigenvalue weighted by molar-refractivity contribution is 5.66. The Morgan fingerprint density at radius 1 is 1.00 bits per heavy atom. The lowest BCUT2D eigenvalue weighted by molar-refractivity contribution is 0.349. The molecule has 0 unspecified atom stereocenters. The Morgan fingerprint density at radius 3 is 2.00 bits per heavy atom. The van der Waals surface area contributed by atoms with Crippen LogP contribution in [0.25, 0.3) is 0 Å². The Labute approximate surface area is 111 Å². The minimum absolute atomic E-state index is 0.0446. The summed E-state index contributed by atoms with van der Waals surface area (Å²) in [4.78, 5) is 0. The predicted octanol–water partition coefficient (Wildman–Crippen LogP) is 2.06. The van der Waals surface area contributed by atoms with Gasteiger partial charge in [0.15, 0.2) is 11.5 Å². The van der Waals surface area contributed by atoms with E-state index in [1.165, 1.54) is 27.5 Å². The van der Waals surface area contributed by atoms with Crippen molar-refractivity contribution in [3.8, 4) is 29.4 Å². The fraction of sp³-hybridized carbons (Fsp3) is 0.231. The maximum atomic E-state index is 8.66. The Morgan fingerprint density at radius 2 is 1.53 bits per heavy atom. The molecule has 1 aromatic rings. The minimum Gasteiger partial charge on any atom is -0.494 e. The molecular formula is C13H13N3O3. The zero-order valence-electron chi connectivity index (χ0n) is 10.9. The smallest absolute Gasteiger partial charge is 0.164 e. The zero-order valence-corrected chi connectivity index (χ0v) is 10.9. The van der Waals surface area contributed by atoms with Gasteiger partial charge >= 0.3 is 0 Å². The molecule has 0 aliphatic heterocycles. The van der Waals surface area contributed by atoms with Crippen molar-refractivity contribution in [3.63, 3.8) is 0 Å². The molecule has 0 spiro atoms. The van der Waals surface area contributed by atoms with E-state index >= 15 is 0 Å². The molecule has 1 aromatic carbocycles. The molecule has 1 rings (SSSR count). The average Bonchev–Trinajstić information content (AvgIpc) is 2.47. The summed E-state index contributed by atoms with van der Waals surface area (Å²) in [7, 11) is 4.54. The van der Waals surface area contributed by atoms with Gasteiger partial charge in [0, 0.05) is 18.3 Å². The van der Waals surface area contributed by atoms with Gasteiger partial charge in [0.1, 0.15) is 23.5 Å². The molecule has 0 atom stereocenters. The number of nitriles is 2. The van der Waals surface area contributed by atoms with Crippen LogP contribution in [0.5, 0.6) is 17.2 Å². The van der Waals surface area contributed by atoms with Crippen molar-refractivity contribution < 1.29 is 14.2 Å². The van der Waals surface area contributed by atoms with E-state index in [1.807, 2.05) is 0 Å². The first-order valence-corrected chi connectivity index (χ1v) is 5.27. The van der Waals surface area contributed by atoms with Gasteiger partial charge in [0.25, 0.3) is 0 Å². The summed E-state index contributed by atoms with van der Waals surface area (Å²) in [5.74, 6) is 1.54. The quantitative estimate of drug-likeness (QED) is 0.814. The summed E-state index contributed by atoms with van der Waals surface area (Å²) >= 11 is 0. The van der Waals surface area contributed by atoms with E-state index in [9.17, 15) is 0 Å². The molecule has 19 heavy (non-hydrogen) atoms. The van der Waals surface area contributed by atoms with Gasteiger partial charge in [-0.1, -0.05) is 0 Å². The van der Waals surface area contributed by atoms with Gasteiger partial charge in [-0.05, 0) is 0 Å². The summed E-state index contributed by atoms with van der Waals surface area (Å²) in [6.07, 6.45) is 1.30. The Hall–Kier alpha value is -2.86. The van der Waals surface area contributed by atoms with E-state index in [2.05, 4.69) is 5.32 Å². The molecule has 6 heteroatoms. The summed E-state index contributed by atoms with van der Waals surface area (Å²) in [6.45, 7) is 0. The van der Waals surface area contributed by atoms with Crippen molar-refractivity contribution in [2.24, 2.45) is 0 Å². The second-order valence-electron chi connectivity index (χ2n) is 3.33. The van der Waals surface area contributed by atoms with E-state index in [-0.39, 0.29) is 5.57 Å². The van der Waals surface area contributed by atoms with Crippen molar-refractivity contribution in [1.82, 2.24) is 0 Å². The first-order valence-electron chi connectivity index (χ1n) is 5.27. The zero-order chi connectivity index (χ0) is 14.3. The van der Waals surface area contributed by atoms with Crippen LogP contribution in [0.4, 0.5) is 5.69 Å². The van der Waals surface area contributed by atoms with Gasteiger partial charge in [0.2, 0.25) is 0 Å². The number of nitrogens with one attached hydrogen (secondary N) is 1. The third-order valence-corrected chi connectivity index (χ3v) is 2.32. The molecule has 0 bridgehead atoms. The standard InChI is InChI=1S/C13H13N3O3/c1-17-11-5-13(19-3)12(18-2)4-10(11)16-8-9(6-14)7-15/h4-5,8,16H,1-3H3. The van der Waals surface area contributed by atoms with Gasteiger partial charge in [-0.2, -0.15) is 10.5 Å². The highest BCUT2D eigenvalue weighted by atomic mass is 16.5. The summed E-state index contributed by atoms with van der Waals surface area (Å²) in [5, 5.41) is 20.1. The Bertz CT molecular complexity index is 552. The molecule has 0 fully saturated rings. The number of ether oxygens (including phenoxy) is 3. The van der Waals surface area contributed by atoms with Gasteiger partial charge < -0.3 is 19.5 Å². The molecular weight excluding hydrogens is 246 g/mol. The maximum Gasteiger partial charge on any atom is 0.164 e. The van der Waals surface area contributed by atoms with Gasteiger partial charge in [0.05, 0.1) is 27.0 Å². The lowest BCUT2D eigenvalue weighted by Gasteiger charge is -2.13. The SMILES string of the molecule is COc1cc(OC)c(OC)cc1NC=C(C#N)C#N. The Kier molecular flexibility index (Phi) is 5.06. The number of rotatable bonds is 5. The fourth-order valence-corrected chi connectivity index (χ4v) is 1.38. The highest BCUT2D eigenvalue weighted by Crippen LogP contribution is 2.37. The number of benzene rings is 1. The molecule has 1 N–H and O–H groups in total. The molecule has 0 saturated heterocycles. The highest BCUT2D eigenvalue weighted by Gasteiger charge is 2.11. The van der Waals surface area contributed by atoms with E-state index in [1.54, 1.807) is 24.3 Å². The van der Waals surface area contributed by atoms with E-state index < -0.39 is 0 Å². The van der Waals surface area contributed by atoms with Crippen LogP contribution in [0.3, 0.4) is 0 Å². The van der Waals surface area contributed by atoms with E-state index in [0.29, 0.717) is 22.9 Å². The topological polar surface area (TPSA) is 87.3 Å². The molecule has 0 heterocycles. The molecule has 0 amide bonds. The van der Waals surface area contributed by atoms with Crippen LogP contribution < -0.4 is 19.5 Å². The summed E-state index contributed by atoms with van der Waals surface area (Å²) < 4.78 is 15.5. The fourth-order valence-electron chi connectivity index (χ4n) is 1.38. The van der Waals surface area contributed by atoms with Crippen molar-refractivity contribution in [3.05, 3.63) is 23.9 Å². The monoisotopic (exact) mass is 259 g/mol. The average molecular weight is 259 g/mol. The van der Waals surface area contributed by atoms with Gasteiger partial charge in [-0.3, -0.25) is 0 Å². The number of hydrogen-bond acceptors (Lipinski definition) is 6. The van der Waals surface area contributed by atoms with Crippen LogP contribution in [0.1, 0.15) is 0 Å². The molecule has 0 saturated carbocycles. The predicted molar refractivity (Wildman–Crippen MR) is 69.0 cm³/mol. The first-order chi connectivity index (χ1) is 9.19. The largest absolute Gasteiger partial charge is 0.494 e.